The Balaban J connectivity index is 2.13. The van der Waals surface area contributed by atoms with E-state index in [1.54, 1.807) is 12.1 Å². The standard InChI is InChI=1S/C12H15N3O/c1-8-11(4-5-16-8)15-12-3-2-9(7-13)6-10(12)14/h2-3,6,8,11,15H,4-5,14H2,1H3. The van der Waals surface area contributed by atoms with Gasteiger partial charge in [-0.3, -0.25) is 0 Å². The second kappa shape index (κ2) is 4.42. The lowest BCUT2D eigenvalue weighted by atomic mass is 10.1. The molecule has 4 heteroatoms. The summed E-state index contributed by atoms with van der Waals surface area (Å²) in [6.45, 7) is 2.83. The molecule has 1 heterocycles. The van der Waals surface area contributed by atoms with Crippen LogP contribution < -0.4 is 11.1 Å². The van der Waals surface area contributed by atoms with Crippen molar-refractivity contribution in [3.8, 4) is 6.07 Å². The van der Waals surface area contributed by atoms with Crippen LogP contribution in [0.4, 0.5) is 11.4 Å². The lowest BCUT2D eigenvalue weighted by molar-refractivity contribution is 0.121. The summed E-state index contributed by atoms with van der Waals surface area (Å²) in [5.41, 5.74) is 7.93. The molecule has 2 unspecified atom stereocenters. The highest BCUT2D eigenvalue weighted by Gasteiger charge is 2.24. The van der Waals surface area contributed by atoms with Crippen LogP contribution in [-0.2, 0) is 4.74 Å². The highest BCUT2D eigenvalue weighted by atomic mass is 16.5. The minimum atomic E-state index is 0.204. The van der Waals surface area contributed by atoms with E-state index in [-0.39, 0.29) is 6.10 Å². The Morgan fingerprint density at radius 2 is 2.38 bits per heavy atom. The number of rotatable bonds is 2. The lowest BCUT2D eigenvalue weighted by Gasteiger charge is -2.18. The van der Waals surface area contributed by atoms with E-state index in [1.165, 1.54) is 0 Å². The highest BCUT2D eigenvalue weighted by molar-refractivity contribution is 5.68. The van der Waals surface area contributed by atoms with E-state index >= 15 is 0 Å². The molecule has 1 fully saturated rings. The minimum absolute atomic E-state index is 0.204. The Bertz CT molecular complexity index is 425. The fourth-order valence-corrected chi connectivity index (χ4v) is 1.88. The van der Waals surface area contributed by atoms with E-state index in [0.717, 1.165) is 18.7 Å². The maximum absolute atomic E-state index is 8.73. The highest BCUT2D eigenvalue weighted by Crippen LogP contribution is 2.24. The lowest BCUT2D eigenvalue weighted by Crippen LogP contribution is -2.27. The average Bonchev–Trinajstić information content (AvgIpc) is 2.67. The van der Waals surface area contributed by atoms with Gasteiger partial charge in [-0.05, 0) is 31.5 Å². The van der Waals surface area contributed by atoms with Crippen LogP contribution in [0.15, 0.2) is 18.2 Å². The monoisotopic (exact) mass is 217 g/mol. The van der Waals surface area contributed by atoms with Gasteiger partial charge in [0.2, 0.25) is 0 Å². The van der Waals surface area contributed by atoms with Crippen molar-refractivity contribution in [3.05, 3.63) is 23.8 Å². The Labute approximate surface area is 95.0 Å². The fourth-order valence-electron chi connectivity index (χ4n) is 1.88. The topological polar surface area (TPSA) is 71.1 Å². The van der Waals surface area contributed by atoms with Gasteiger partial charge < -0.3 is 15.8 Å². The largest absolute Gasteiger partial charge is 0.397 e. The number of ether oxygens (including phenoxy) is 1. The molecule has 3 N–H and O–H groups in total. The molecule has 0 saturated carbocycles. The predicted molar refractivity (Wildman–Crippen MR) is 63.0 cm³/mol. The first-order valence-corrected chi connectivity index (χ1v) is 5.38. The molecule has 2 rings (SSSR count). The van der Waals surface area contributed by atoms with Gasteiger partial charge in [0.05, 0.1) is 35.2 Å². The molecule has 1 aromatic rings. The van der Waals surface area contributed by atoms with E-state index in [9.17, 15) is 0 Å². The smallest absolute Gasteiger partial charge is 0.0992 e. The maximum Gasteiger partial charge on any atom is 0.0992 e. The summed E-state index contributed by atoms with van der Waals surface area (Å²) in [5.74, 6) is 0. The van der Waals surface area contributed by atoms with Crippen LogP contribution in [0.1, 0.15) is 18.9 Å². The first kappa shape index (κ1) is 10.8. The number of hydrogen-bond acceptors (Lipinski definition) is 4. The quantitative estimate of drug-likeness (QED) is 0.740. The summed E-state index contributed by atoms with van der Waals surface area (Å²) in [4.78, 5) is 0. The molecule has 1 aromatic carbocycles. The second-order valence-electron chi connectivity index (χ2n) is 4.03. The molecule has 0 amide bonds. The normalized spacial score (nSPS) is 24.0. The van der Waals surface area contributed by atoms with Gasteiger partial charge in [-0.1, -0.05) is 0 Å². The SMILES string of the molecule is CC1OCCC1Nc1ccc(C#N)cc1N. The first-order chi connectivity index (χ1) is 7.70. The van der Waals surface area contributed by atoms with E-state index in [2.05, 4.69) is 11.4 Å². The molecule has 0 spiro atoms. The Morgan fingerprint density at radius 1 is 1.56 bits per heavy atom. The molecule has 1 aliphatic heterocycles. The summed E-state index contributed by atoms with van der Waals surface area (Å²) in [6.07, 6.45) is 1.19. The van der Waals surface area contributed by atoms with E-state index < -0.39 is 0 Å². The number of nitriles is 1. The van der Waals surface area contributed by atoms with E-state index in [4.69, 9.17) is 15.7 Å². The van der Waals surface area contributed by atoms with Crippen molar-refractivity contribution in [1.29, 1.82) is 5.26 Å². The molecule has 2 atom stereocenters. The van der Waals surface area contributed by atoms with Crippen LogP contribution in [0.3, 0.4) is 0 Å². The van der Waals surface area contributed by atoms with Gasteiger partial charge in [-0.2, -0.15) is 5.26 Å². The third-order valence-electron chi connectivity index (χ3n) is 2.90. The van der Waals surface area contributed by atoms with Crippen LogP contribution >= 0.6 is 0 Å². The molecule has 0 radical (unpaired) electrons. The van der Waals surface area contributed by atoms with Gasteiger partial charge in [-0.15, -0.1) is 0 Å². The number of hydrogen-bond donors (Lipinski definition) is 2. The molecule has 1 aliphatic rings. The van der Waals surface area contributed by atoms with Crippen LogP contribution in [0.5, 0.6) is 0 Å². The molecule has 16 heavy (non-hydrogen) atoms. The van der Waals surface area contributed by atoms with Crippen molar-refractivity contribution in [3.63, 3.8) is 0 Å². The number of nitrogens with one attached hydrogen (secondary N) is 1. The third kappa shape index (κ3) is 2.10. The number of nitrogens with zero attached hydrogens (tertiary/aromatic N) is 1. The number of nitrogen functional groups attached to an aromatic ring is 1. The van der Waals surface area contributed by atoms with Gasteiger partial charge in [0.25, 0.3) is 0 Å². The average molecular weight is 217 g/mol. The van der Waals surface area contributed by atoms with Crippen LogP contribution in [0, 0.1) is 11.3 Å². The van der Waals surface area contributed by atoms with Crippen molar-refractivity contribution in [2.75, 3.05) is 17.7 Å². The zero-order chi connectivity index (χ0) is 11.5. The van der Waals surface area contributed by atoms with Gasteiger partial charge >= 0.3 is 0 Å². The van der Waals surface area contributed by atoms with Crippen molar-refractivity contribution in [1.82, 2.24) is 0 Å². The van der Waals surface area contributed by atoms with Gasteiger partial charge in [0, 0.05) is 6.61 Å². The second-order valence-corrected chi connectivity index (χ2v) is 4.03. The van der Waals surface area contributed by atoms with Crippen molar-refractivity contribution >= 4 is 11.4 Å². The molecule has 4 nitrogen and oxygen atoms in total. The summed E-state index contributed by atoms with van der Waals surface area (Å²) in [5, 5.41) is 12.1. The molecular formula is C12H15N3O. The number of anilines is 2. The third-order valence-corrected chi connectivity index (χ3v) is 2.90. The van der Waals surface area contributed by atoms with E-state index in [0.29, 0.717) is 17.3 Å². The summed E-state index contributed by atoms with van der Waals surface area (Å²) in [6, 6.07) is 7.66. The molecule has 84 valence electrons. The predicted octanol–water partition coefficient (Wildman–Crippen LogP) is 1.73. The zero-order valence-corrected chi connectivity index (χ0v) is 9.23. The minimum Gasteiger partial charge on any atom is -0.397 e. The van der Waals surface area contributed by atoms with Crippen LogP contribution in [0.25, 0.3) is 0 Å². The summed E-state index contributed by atoms with van der Waals surface area (Å²) in [7, 11) is 0. The molecule has 0 bridgehead atoms. The maximum atomic E-state index is 8.73. The van der Waals surface area contributed by atoms with E-state index in [1.807, 2.05) is 13.0 Å². The zero-order valence-electron chi connectivity index (χ0n) is 9.23. The number of nitrogens with two attached hydrogens (primary N) is 1. The van der Waals surface area contributed by atoms with Crippen molar-refractivity contribution in [2.45, 2.75) is 25.5 Å². The van der Waals surface area contributed by atoms with Gasteiger partial charge in [0.15, 0.2) is 0 Å². The van der Waals surface area contributed by atoms with Crippen molar-refractivity contribution in [2.24, 2.45) is 0 Å². The van der Waals surface area contributed by atoms with Gasteiger partial charge in [0.1, 0.15) is 0 Å². The van der Waals surface area contributed by atoms with Gasteiger partial charge in [-0.25, -0.2) is 0 Å². The molecular weight excluding hydrogens is 202 g/mol. The molecule has 0 aromatic heterocycles. The fraction of sp³-hybridized carbons (Fsp3) is 0.417. The number of benzene rings is 1. The Morgan fingerprint density at radius 3 is 2.94 bits per heavy atom. The first-order valence-electron chi connectivity index (χ1n) is 5.38. The van der Waals surface area contributed by atoms with Crippen LogP contribution in [-0.4, -0.2) is 18.8 Å². The summed E-state index contributed by atoms with van der Waals surface area (Å²) < 4.78 is 5.47. The Hall–Kier alpha value is -1.73. The summed E-state index contributed by atoms with van der Waals surface area (Å²) >= 11 is 0. The molecule has 0 aliphatic carbocycles. The molecule has 1 saturated heterocycles. The Kier molecular flexibility index (Phi) is 2.97. The van der Waals surface area contributed by atoms with Crippen molar-refractivity contribution < 1.29 is 4.74 Å². The van der Waals surface area contributed by atoms with Crippen LogP contribution in [0.2, 0.25) is 0 Å².